The van der Waals surface area contributed by atoms with Crippen molar-refractivity contribution in [3.63, 3.8) is 0 Å². The third kappa shape index (κ3) is 2.79. The molecule has 0 radical (unpaired) electrons. The van der Waals surface area contributed by atoms with Crippen molar-refractivity contribution in [2.45, 2.75) is 6.54 Å². The Morgan fingerprint density at radius 3 is 2.80 bits per heavy atom. The molecule has 0 unspecified atom stereocenters. The number of aromatic nitrogens is 2. The second kappa shape index (κ2) is 5.56. The highest BCUT2D eigenvalue weighted by molar-refractivity contribution is 6.42. The van der Waals surface area contributed by atoms with Crippen LogP contribution in [0.25, 0.3) is 11.6 Å². The molecule has 1 aromatic carbocycles. The van der Waals surface area contributed by atoms with Crippen LogP contribution in [-0.4, -0.2) is 10.1 Å². The third-order valence-electron chi connectivity index (χ3n) is 2.57. The molecule has 0 aliphatic rings. The Labute approximate surface area is 124 Å². The van der Waals surface area contributed by atoms with E-state index in [1.807, 2.05) is 6.07 Å². The number of nitrogens with zero attached hydrogens (tertiary/aromatic N) is 2. The van der Waals surface area contributed by atoms with Gasteiger partial charge in [0.05, 0.1) is 22.9 Å². The van der Waals surface area contributed by atoms with Gasteiger partial charge in [-0.05, 0) is 30.3 Å². The molecule has 0 atom stereocenters. The fourth-order valence-electron chi connectivity index (χ4n) is 1.62. The van der Waals surface area contributed by atoms with Crippen LogP contribution >= 0.6 is 23.2 Å². The van der Waals surface area contributed by atoms with Crippen LogP contribution in [-0.2, 0) is 6.54 Å². The fraction of sp³-hybridized carbons (Fsp3) is 0.0769. The fourth-order valence-corrected chi connectivity index (χ4v) is 1.91. The molecule has 0 fully saturated rings. The predicted molar refractivity (Wildman–Crippen MR) is 75.8 cm³/mol. The Hall–Kier alpha value is -1.98. The van der Waals surface area contributed by atoms with Crippen LogP contribution in [0, 0.1) is 0 Å². The van der Waals surface area contributed by atoms with E-state index >= 15 is 0 Å². The van der Waals surface area contributed by atoms with E-state index in [0.717, 1.165) is 5.69 Å². The van der Waals surface area contributed by atoms with E-state index in [4.69, 9.17) is 32.1 Å². The number of nitrogens with one attached hydrogen (secondary N) is 1. The van der Waals surface area contributed by atoms with Crippen molar-refractivity contribution in [3.8, 4) is 11.6 Å². The average molecular weight is 310 g/mol. The van der Waals surface area contributed by atoms with E-state index in [9.17, 15) is 0 Å². The van der Waals surface area contributed by atoms with Crippen molar-refractivity contribution in [1.29, 1.82) is 0 Å². The van der Waals surface area contributed by atoms with Crippen molar-refractivity contribution < 1.29 is 8.94 Å². The number of rotatable bonds is 4. The van der Waals surface area contributed by atoms with Gasteiger partial charge < -0.3 is 14.3 Å². The molecule has 20 heavy (non-hydrogen) atoms. The number of anilines is 1. The maximum atomic E-state index is 5.93. The minimum atomic E-state index is 0.381. The van der Waals surface area contributed by atoms with Crippen LogP contribution in [0.1, 0.15) is 5.89 Å². The molecule has 1 N–H and O–H groups in total. The van der Waals surface area contributed by atoms with Crippen molar-refractivity contribution in [2.75, 3.05) is 5.32 Å². The van der Waals surface area contributed by atoms with E-state index in [2.05, 4.69) is 15.5 Å². The average Bonchev–Trinajstić information content (AvgIpc) is 3.09. The first kappa shape index (κ1) is 13.0. The summed E-state index contributed by atoms with van der Waals surface area (Å²) in [5.41, 5.74) is 0.817. The van der Waals surface area contributed by atoms with Gasteiger partial charge in [0, 0.05) is 5.69 Å². The van der Waals surface area contributed by atoms with Crippen LogP contribution in [0.2, 0.25) is 10.0 Å². The molecule has 0 spiro atoms. The highest BCUT2D eigenvalue weighted by Crippen LogP contribution is 2.25. The molecule has 7 heteroatoms. The molecular weight excluding hydrogens is 301 g/mol. The SMILES string of the molecule is Clc1ccc(NCc2nc(-c3ccco3)no2)cc1Cl. The molecule has 0 amide bonds. The van der Waals surface area contributed by atoms with Crippen LogP contribution in [0.3, 0.4) is 0 Å². The molecule has 0 bridgehead atoms. The third-order valence-corrected chi connectivity index (χ3v) is 3.31. The second-order valence-electron chi connectivity index (χ2n) is 3.97. The Morgan fingerprint density at radius 2 is 2.05 bits per heavy atom. The Bertz CT molecular complexity index is 710. The van der Waals surface area contributed by atoms with Gasteiger partial charge in [-0.3, -0.25) is 0 Å². The lowest BCUT2D eigenvalue weighted by atomic mass is 10.3. The van der Waals surface area contributed by atoms with Gasteiger partial charge in [-0.1, -0.05) is 28.4 Å². The number of hydrogen-bond donors (Lipinski definition) is 1. The lowest BCUT2D eigenvalue weighted by Gasteiger charge is -2.04. The first-order valence-corrected chi connectivity index (χ1v) is 6.53. The van der Waals surface area contributed by atoms with E-state index in [1.165, 1.54) is 0 Å². The van der Waals surface area contributed by atoms with Gasteiger partial charge in [-0.2, -0.15) is 4.98 Å². The summed E-state index contributed by atoms with van der Waals surface area (Å²) in [6.45, 7) is 0.381. The van der Waals surface area contributed by atoms with E-state index in [1.54, 1.807) is 30.5 Å². The summed E-state index contributed by atoms with van der Waals surface area (Å²) in [6.07, 6.45) is 1.55. The summed E-state index contributed by atoms with van der Waals surface area (Å²) in [6, 6.07) is 8.79. The van der Waals surface area contributed by atoms with E-state index < -0.39 is 0 Å². The molecular formula is C13H9Cl2N3O2. The zero-order valence-corrected chi connectivity index (χ0v) is 11.6. The maximum absolute atomic E-state index is 5.93. The minimum absolute atomic E-state index is 0.381. The molecule has 5 nitrogen and oxygen atoms in total. The molecule has 102 valence electrons. The second-order valence-corrected chi connectivity index (χ2v) is 4.79. The van der Waals surface area contributed by atoms with Gasteiger partial charge >= 0.3 is 0 Å². The van der Waals surface area contributed by atoms with E-state index in [-0.39, 0.29) is 0 Å². The molecule has 2 aromatic heterocycles. The number of benzene rings is 1. The van der Waals surface area contributed by atoms with Crippen molar-refractivity contribution >= 4 is 28.9 Å². The topological polar surface area (TPSA) is 64.1 Å². The highest BCUT2D eigenvalue weighted by Gasteiger charge is 2.10. The van der Waals surface area contributed by atoms with Crippen molar-refractivity contribution in [3.05, 3.63) is 52.5 Å². The van der Waals surface area contributed by atoms with Gasteiger partial charge in [0.2, 0.25) is 11.7 Å². The summed E-state index contributed by atoms with van der Waals surface area (Å²) in [5.74, 6) is 1.43. The molecule has 2 heterocycles. The smallest absolute Gasteiger partial charge is 0.246 e. The lowest BCUT2D eigenvalue weighted by molar-refractivity contribution is 0.382. The summed E-state index contributed by atoms with van der Waals surface area (Å²) in [7, 11) is 0. The lowest BCUT2D eigenvalue weighted by Crippen LogP contribution is -1.99. The molecule has 0 aliphatic carbocycles. The zero-order valence-electron chi connectivity index (χ0n) is 10.1. The summed E-state index contributed by atoms with van der Waals surface area (Å²) < 4.78 is 10.3. The molecule has 3 rings (SSSR count). The summed E-state index contributed by atoms with van der Waals surface area (Å²) in [4.78, 5) is 4.21. The van der Waals surface area contributed by atoms with Gasteiger partial charge in [0.15, 0.2) is 5.76 Å². The van der Waals surface area contributed by atoms with E-state index in [0.29, 0.717) is 34.1 Å². The highest BCUT2D eigenvalue weighted by atomic mass is 35.5. The van der Waals surface area contributed by atoms with Gasteiger partial charge in [0.1, 0.15) is 0 Å². The number of furan rings is 1. The summed E-state index contributed by atoms with van der Waals surface area (Å²) >= 11 is 11.8. The largest absolute Gasteiger partial charge is 0.461 e. The predicted octanol–water partition coefficient (Wildman–Crippen LogP) is 4.25. The van der Waals surface area contributed by atoms with Crippen LogP contribution < -0.4 is 5.32 Å². The number of hydrogen-bond acceptors (Lipinski definition) is 5. The van der Waals surface area contributed by atoms with Gasteiger partial charge in [-0.25, -0.2) is 0 Å². The van der Waals surface area contributed by atoms with Crippen LogP contribution in [0.4, 0.5) is 5.69 Å². The van der Waals surface area contributed by atoms with Crippen molar-refractivity contribution in [1.82, 2.24) is 10.1 Å². The van der Waals surface area contributed by atoms with Crippen molar-refractivity contribution in [2.24, 2.45) is 0 Å². The Balaban J connectivity index is 1.68. The Kier molecular flexibility index (Phi) is 3.62. The molecule has 0 saturated carbocycles. The number of halogens is 2. The Morgan fingerprint density at radius 1 is 1.15 bits per heavy atom. The monoisotopic (exact) mass is 309 g/mol. The first-order valence-electron chi connectivity index (χ1n) is 5.78. The zero-order chi connectivity index (χ0) is 13.9. The van der Waals surface area contributed by atoms with Crippen LogP contribution in [0.5, 0.6) is 0 Å². The molecule has 3 aromatic rings. The summed E-state index contributed by atoms with van der Waals surface area (Å²) in [5, 5.41) is 7.95. The standard InChI is InChI=1S/C13H9Cl2N3O2/c14-9-4-3-8(6-10(9)15)16-7-12-17-13(18-20-12)11-2-1-5-19-11/h1-6,16H,7H2. The first-order chi connectivity index (χ1) is 9.72. The quantitative estimate of drug-likeness (QED) is 0.780. The van der Waals surface area contributed by atoms with Gasteiger partial charge in [0.25, 0.3) is 0 Å². The normalized spacial score (nSPS) is 10.7. The molecule has 0 aliphatic heterocycles. The maximum Gasteiger partial charge on any atom is 0.246 e. The van der Waals surface area contributed by atoms with Gasteiger partial charge in [-0.15, -0.1) is 0 Å². The van der Waals surface area contributed by atoms with Crippen LogP contribution in [0.15, 0.2) is 45.5 Å². The minimum Gasteiger partial charge on any atom is -0.461 e. The molecule has 0 saturated heterocycles.